The summed E-state index contributed by atoms with van der Waals surface area (Å²) in [6.45, 7) is -1.34. The van der Waals surface area contributed by atoms with Crippen molar-refractivity contribution in [3.05, 3.63) is 48.5 Å². The van der Waals surface area contributed by atoms with Gasteiger partial charge < -0.3 is 64.9 Å². The molecule has 14 nitrogen and oxygen atoms in total. The van der Waals surface area contributed by atoms with E-state index in [1.165, 1.54) is 24.3 Å². The lowest BCUT2D eigenvalue weighted by Gasteiger charge is -2.40. The first-order valence-electron chi connectivity index (χ1n) is 12.8. The number of aromatic hydroxyl groups is 1. The molecule has 2 aliphatic heterocycles. The third kappa shape index (κ3) is 5.80. The molecule has 10 atom stereocenters. The Balaban J connectivity index is 1.53. The van der Waals surface area contributed by atoms with Crippen LogP contribution in [-0.4, -0.2) is 121 Å². The van der Waals surface area contributed by atoms with Crippen molar-refractivity contribution < 1.29 is 69.3 Å². The summed E-state index contributed by atoms with van der Waals surface area (Å²) < 4.78 is 28.6. The van der Waals surface area contributed by atoms with Crippen molar-refractivity contribution in [1.29, 1.82) is 0 Å². The number of phenolic OH excluding ortho intramolecular Hbond substituents is 1. The number of benzene rings is 2. The van der Waals surface area contributed by atoms with Crippen molar-refractivity contribution in [1.82, 2.24) is 0 Å². The summed E-state index contributed by atoms with van der Waals surface area (Å²) in [5, 5.41) is 90.5. The molecule has 222 valence electrons. The smallest absolute Gasteiger partial charge is 0.368 e. The van der Waals surface area contributed by atoms with E-state index in [0.717, 1.165) is 0 Å². The molecule has 10 unspecified atom stereocenters. The van der Waals surface area contributed by atoms with Gasteiger partial charge in [-0.3, -0.25) is 0 Å². The first-order chi connectivity index (χ1) is 19.6. The average molecular weight is 580 g/mol. The van der Waals surface area contributed by atoms with Crippen LogP contribution in [0.4, 0.5) is 0 Å². The Bertz CT molecular complexity index is 1330. The van der Waals surface area contributed by atoms with E-state index in [-0.39, 0.29) is 22.8 Å². The van der Waals surface area contributed by atoms with Crippen molar-refractivity contribution in [2.45, 2.75) is 61.4 Å². The molecule has 3 aromatic rings. The van der Waals surface area contributed by atoms with Crippen molar-refractivity contribution in [3.8, 4) is 28.6 Å². The Morgan fingerprint density at radius 3 is 1.78 bits per heavy atom. The van der Waals surface area contributed by atoms with Crippen LogP contribution in [0.1, 0.15) is 0 Å². The van der Waals surface area contributed by atoms with Crippen LogP contribution >= 0.6 is 0 Å². The molecule has 41 heavy (non-hydrogen) atoms. The number of aliphatic hydroxyl groups excluding tert-OH is 8. The lowest BCUT2D eigenvalue weighted by molar-refractivity contribution is -0.278. The number of hydrogen-bond donors (Lipinski definition) is 9. The van der Waals surface area contributed by atoms with Crippen LogP contribution in [0.3, 0.4) is 0 Å². The number of hydrogen-bond acceptors (Lipinski definition) is 13. The maximum Gasteiger partial charge on any atom is 0.368 e. The molecule has 0 saturated carbocycles. The summed E-state index contributed by atoms with van der Waals surface area (Å²) in [6, 6.07) is 12.2. The van der Waals surface area contributed by atoms with Crippen LogP contribution in [0.25, 0.3) is 22.3 Å². The fraction of sp³-hybridized carbons (Fsp3) is 0.444. The third-order valence-electron chi connectivity index (χ3n) is 7.04. The number of aliphatic hydroxyl groups is 8. The van der Waals surface area contributed by atoms with Crippen LogP contribution in [0.15, 0.2) is 52.9 Å². The van der Waals surface area contributed by atoms with Gasteiger partial charge in [0.2, 0.25) is 12.6 Å². The normalized spacial score (nSPS) is 34.0. The summed E-state index contributed by atoms with van der Waals surface area (Å²) in [5.74, 6) is 0.390. The fourth-order valence-corrected chi connectivity index (χ4v) is 4.67. The van der Waals surface area contributed by atoms with E-state index >= 15 is 0 Å². The minimum absolute atomic E-state index is 0.00701. The number of fused-ring (bicyclic) bond motifs is 1. The van der Waals surface area contributed by atoms with Crippen LogP contribution in [-0.2, 0) is 9.47 Å². The standard InChI is InChI=1S/C27H30O14/c28-9-18-20(31)22(33)24(35)26(40-18)37-13-7-16-14(5-6-15(38-16)11-1-3-12(30)4-2-11)17(8-13)39-27-25(36)23(34)21(32)19(10-29)41-27/h1-8,18-29,31-36H,9-10H2/p+1. The summed E-state index contributed by atoms with van der Waals surface area (Å²) in [6.07, 6.45) is -15.6. The molecular formula is C27H31O14+. The summed E-state index contributed by atoms with van der Waals surface area (Å²) in [5.41, 5.74) is 0.776. The molecule has 0 amide bonds. The van der Waals surface area contributed by atoms with Crippen molar-refractivity contribution in [3.63, 3.8) is 0 Å². The predicted molar refractivity (Wildman–Crippen MR) is 137 cm³/mol. The maximum absolute atomic E-state index is 10.5. The number of ether oxygens (including phenoxy) is 4. The zero-order valence-corrected chi connectivity index (χ0v) is 21.4. The van der Waals surface area contributed by atoms with Crippen LogP contribution in [0.2, 0.25) is 0 Å². The second-order valence-electron chi connectivity index (χ2n) is 9.81. The number of rotatable bonds is 7. The zero-order valence-electron chi connectivity index (χ0n) is 21.4. The second-order valence-corrected chi connectivity index (χ2v) is 9.81. The molecule has 5 rings (SSSR count). The second kappa shape index (κ2) is 12.0. The lowest BCUT2D eigenvalue weighted by Crippen LogP contribution is -2.60. The molecule has 2 aromatic carbocycles. The SMILES string of the molecule is OCC1OC(Oc2cc(OC3OC(CO)C(O)C(O)C3O)c3ccc(-c4ccc(O)cc4)[o+]c3c2)C(O)C(O)C1O. The highest BCUT2D eigenvalue weighted by Gasteiger charge is 2.46. The van der Waals surface area contributed by atoms with Gasteiger partial charge in [0, 0.05) is 12.1 Å². The Kier molecular flexibility index (Phi) is 8.58. The van der Waals surface area contributed by atoms with Gasteiger partial charge in [-0.05, 0) is 30.3 Å². The highest BCUT2D eigenvalue weighted by molar-refractivity contribution is 5.86. The first-order valence-corrected chi connectivity index (χ1v) is 12.8. The summed E-state index contributed by atoms with van der Waals surface area (Å²) in [4.78, 5) is 0. The van der Waals surface area contributed by atoms with E-state index in [9.17, 15) is 46.0 Å². The highest BCUT2D eigenvalue weighted by atomic mass is 16.7. The minimum atomic E-state index is -1.72. The molecule has 2 saturated heterocycles. The monoisotopic (exact) mass is 579 g/mol. The van der Waals surface area contributed by atoms with Crippen LogP contribution < -0.4 is 9.47 Å². The van der Waals surface area contributed by atoms with Gasteiger partial charge in [0.25, 0.3) is 0 Å². The van der Waals surface area contributed by atoms with Gasteiger partial charge in [-0.25, -0.2) is 4.42 Å². The summed E-state index contributed by atoms with van der Waals surface area (Å²) in [7, 11) is 0. The van der Waals surface area contributed by atoms with Crippen LogP contribution in [0, 0.1) is 0 Å². The quantitative estimate of drug-likeness (QED) is 0.144. The average Bonchev–Trinajstić information content (AvgIpc) is 2.97. The van der Waals surface area contributed by atoms with E-state index in [2.05, 4.69) is 0 Å². The van der Waals surface area contributed by atoms with Gasteiger partial charge in [0.05, 0.1) is 24.8 Å². The minimum Gasteiger partial charge on any atom is -0.508 e. The first kappa shape index (κ1) is 29.3. The fourth-order valence-electron chi connectivity index (χ4n) is 4.67. The third-order valence-corrected chi connectivity index (χ3v) is 7.04. The van der Waals surface area contributed by atoms with Crippen molar-refractivity contribution in [2.75, 3.05) is 13.2 Å². The zero-order chi connectivity index (χ0) is 29.4. The van der Waals surface area contributed by atoms with E-state index in [0.29, 0.717) is 16.7 Å². The van der Waals surface area contributed by atoms with E-state index in [1.807, 2.05) is 0 Å². The Morgan fingerprint density at radius 2 is 1.22 bits per heavy atom. The van der Waals surface area contributed by atoms with Crippen LogP contribution in [0.5, 0.6) is 17.2 Å². The molecule has 0 aliphatic carbocycles. The topological polar surface area (TPSA) is 230 Å². The maximum atomic E-state index is 10.5. The summed E-state index contributed by atoms with van der Waals surface area (Å²) >= 11 is 0. The number of phenols is 1. The molecule has 2 aliphatic rings. The molecule has 3 heterocycles. The lowest BCUT2D eigenvalue weighted by atomic mass is 9.99. The molecule has 0 bridgehead atoms. The largest absolute Gasteiger partial charge is 0.508 e. The van der Waals surface area contributed by atoms with Crippen molar-refractivity contribution in [2.24, 2.45) is 0 Å². The van der Waals surface area contributed by atoms with Gasteiger partial charge in [0.1, 0.15) is 71.5 Å². The molecule has 9 N–H and O–H groups in total. The highest BCUT2D eigenvalue weighted by Crippen LogP contribution is 2.37. The van der Waals surface area contributed by atoms with Gasteiger partial charge in [-0.15, -0.1) is 0 Å². The molecule has 14 heteroatoms. The molecule has 0 radical (unpaired) electrons. The van der Waals surface area contributed by atoms with E-state index in [4.69, 9.17) is 23.4 Å². The van der Waals surface area contributed by atoms with E-state index in [1.54, 1.807) is 24.3 Å². The predicted octanol–water partition coefficient (Wildman–Crippen LogP) is -1.56. The van der Waals surface area contributed by atoms with Crippen molar-refractivity contribution >= 4 is 11.0 Å². The Labute approximate surface area is 232 Å². The van der Waals surface area contributed by atoms with E-state index < -0.39 is 74.6 Å². The van der Waals surface area contributed by atoms with Gasteiger partial charge >= 0.3 is 11.3 Å². The molecule has 0 spiro atoms. The van der Waals surface area contributed by atoms with Gasteiger partial charge in [-0.1, -0.05) is 0 Å². The molecule has 2 fully saturated rings. The Hall–Kier alpha value is -3.15. The molecule has 1 aromatic heterocycles. The Morgan fingerprint density at radius 1 is 0.659 bits per heavy atom. The van der Waals surface area contributed by atoms with Gasteiger partial charge in [0.15, 0.2) is 0 Å². The van der Waals surface area contributed by atoms with Gasteiger partial charge in [-0.2, -0.15) is 0 Å². The molecular weight excluding hydrogens is 548 g/mol.